The lowest BCUT2D eigenvalue weighted by molar-refractivity contribution is 0.0684. The van der Waals surface area contributed by atoms with Crippen LogP contribution in [0.2, 0.25) is 10.0 Å². The van der Waals surface area contributed by atoms with Crippen LogP contribution in [0.1, 0.15) is 23.3 Å². The predicted molar refractivity (Wildman–Crippen MR) is 84.0 cm³/mol. The van der Waals surface area contributed by atoms with Gasteiger partial charge in [-0.25, -0.2) is 9.59 Å². The van der Waals surface area contributed by atoms with Crippen LogP contribution in [0.3, 0.4) is 0 Å². The maximum atomic E-state index is 12.4. The van der Waals surface area contributed by atoms with Gasteiger partial charge in [0.25, 0.3) is 0 Å². The van der Waals surface area contributed by atoms with Crippen molar-refractivity contribution in [2.75, 3.05) is 13.1 Å². The van der Waals surface area contributed by atoms with Crippen molar-refractivity contribution in [3.8, 4) is 11.3 Å². The Morgan fingerprint density at radius 2 is 1.83 bits per heavy atom. The van der Waals surface area contributed by atoms with E-state index in [0.717, 1.165) is 17.5 Å². The molecule has 1 fully saturated rings. The van der Waals surface area contributed by atoms with Crippen molar-refractivity contribution in [3.63, 3.8) is 0 Å². The van der Waals surface area contributed by atoms with E-state index in [4.69, 9.17) is 23.2 Å². The molecule has 7 nitrogen and oxygen atoms in total. The van der Waals surface area contributed by atoms with Gasteiger partial charge >= 0.3 is 12.0 Å². The zero-order valence-corrected chi connectivity index (χ0v) is 13.4. The van der Waals surface area contributed by atoms with E-state index < -0.39 is 12.0 Å². The highest BCUT2D eigenvalue weighted by Gasteiger charge is 2.29. The number of benzene rings is 1. The van der Waals surface area contributed by atoms with Crippen molar-refractivity contribution in [1.82, 2.24) is 19.9 Å². The number of aromatic nitrogens is 3. The minimum Gasteiger partial charge on any atom is -0.476 e. The molecule has 2 aromatic rings. The lowest BCUT2D eigenvalue weighted by atomic mass is 10.1. The van der Waals surface area contributed by atoms with Crippen molar-refractivity contribution in [3.05, 3.63) is 33.9 Å². The third kappa shape index (κ3) is 2.89. The van der Waals surface area contributed by atoms with E-state index in [1.807, 2.05) is 0 Å². The zero-order chi connectivity index (χ0) is 16.6. The van der Waals surface area contributed by atoms with E-state index in [-0.39, 0.29) is 16.4 Å². The van der Waals surface area contributed by atoms with E-state index in [1.165, 1.54) is 12.1 Å². The van der Waals surface area contributed by atoms with E-state index in [1.54, 1.807) is 11.0 Å². The average Bonchev–Trinajstić information content (AvgIpc) is 3.18. The summed E-state index contributed by atoms with van der Waals surface area (Å²) in [6, 6.07) is 4.12. The van der Waals surface area contributed by atoms with E-state index in [0.29, 0.717) is 23.7 Å². The molecule has 0 atom stereocenters. The topological polar surface area (TPSA) is 88.3 Å². The summed E-state index contributed by atoms with van der Waals surface area (Å²) in [6.45, 7) is 1.17. The minimum absolute atomic E-state index is 0.0728. The maximum absolute atomic E-state index is 12.4. The van der Waals surface area contributed by atoms with Gasteiger partial charge in [0.05, 0.1) is 10.0 Å². The van der Waals surface area contributed by atoms with Crippen LogP contribution < -0.4 is 0 Å². The van der Waals surface area contributed by atoms with Crippen LogP contribution in [-0.4, -0.2) is 50.1 Å². The standard InChI is InChI=1S/C14H12Cl2N4O3/c15-9-4-3-8(7-10(9)16)11-12(13(21)22)20(18-17-11)14(23)19-5-1-2-6-19/h3-4,7H,1-2,5-6H2,(H,21,22). The van der Waals surface area contributed by atoms with Gasteiger partial charge in [0.15, 0.2) is 5.69 Å². The quantitative estimate of drug-likeness (QED) is 0.895. The molecule has 9 heteroatoms. The van der Waals surface area contributed by atoms with Crippen LogP contribution >= 0.6 is 23.2 Å². The molecule has 0 radical (unpaired) electrons. The van der Waals surface area contributed by atoms with Gasteiger partial charge in [-0.2, -0.15) is 4.68 Å². The van der Waals surface area contributed by atoms with Crippen LogP contribution in [0.15, 0.2) is 18.2 Å². The highest BCUT2D eigenvalue weighted by Crippen LogP contribution is 2.29. The van der Waals surface area contributed by atoms with Gasteiger partial charge in [-0.1, -0.05) is 34.5 Å². The molecule has 1 amide bonds. The van der Waals surface area contributed by atoms with Crippen molar-refractivity contribution >= 4 is 35.2 Å². The molecular formula is C14H12Cl2N4O3. The number of hydrogen-bond donors (Lipinski definition) is 1. The van der Waals surface area contributed by atoms with E-state index >= 15 is 0 Å². The van der Waals surface area contributed by atoms with Crippen LogP contribution in [0.25, 0.3) is 11.3 Å². The number of hydrogen-bond acceptors (Lipinski definition) is 4. The summed E-state index contributed by atoms with van der Waals surface area (Å²) in [5, 5.41) is 17.7. The highest BCUT2D eigenvalue weighted by atomic mass is 35.5. The minimum atomic E-state index is -1.29. The third-order valence-electron chi connectivity index (χ3n) is 3.62. The zero-order valence-electron chi connectivity index (χ0n) is 11.9. The molecule has 120 valence electrons. The fourth-order valence-corrected chi connectivity index (χ4v) is 2.79. The number of carbonyl (C=O) groups is 2. The normalized spacial score (nSPS) is 14.3. The molecule has 0 bridgehead atoms. The Balaban J connectivity index is 2.06. The number of carboxylic acid groups (broad SMARTS) is 1. The Labute approximate surface area is 141 Å². The van der Waals surface area contributed by atoms with Gasteiger partial charge in [0.2, 0.25) is 0 Å². The Morgan fingerprint density at radius 3 is 2.43 bits per heavy atom. The molecule has 3 rings (SSSR count). The van der Waals surface area contributed by atoms with Crippen LogP contribution in [0.4, 0.5) is 4.79 Å². The number of aromatic carboxylic acids is 1. The number of halogens is 2. The molecule has 23 heavy (non-hydrogen) atoms. The molecule has 0 saturated carbocycles. The Hall–Kier alpha value is -2.12. The second-order valence-corrected chi connectivity index (χ2v) is 5.92. The SMILES string of the molecule is O=C(O)c1c(-c2ccc(Cl)c(Cl)c2)nnn1C(=O)N1CCCC1. The molecule has 1 aromatic heterocycles. The van der Waals surface area contributed by atoms with Gasteiger partial charge in [-0.05, 0) is 25.0 Å². The Kier molecular flexibility index (Phi) is 4.23. The lowest BCUT2D eigenvalue weighted by Crippen LogP contribution is -2.34. The van der Waals surface area contributed by atoms with Gasteiger partial charge in [-0.15, -0.1) is 5.10 Å². The number of carbonyl (C=O) groups excluding carboxylic acids is 1. The van der Waals surface area contributed by atoms with Crippen LogP contribution in [-0.2, 0) is 0 Å². The summed E-state index contributed by atoms with van der Waals surface area (Å²) in [5.74, 6) is -1.29. The van der Waals surface area contributed by atoms with E-state index in [2.05, 4.69) is 10.3 Å². The van der Waals surface area contributed by atoms with Crippen molar-refractivity contribution < 1.29 is 14.7 Å². The van der Waals surface area contributed by atoms with Gasteiger partial charge < -0.3 is 10.0 Å². The van der Waals surface area contributed by atoms with Crippen LogP contribution in [0, 0.1) is 0 Å². The van der Waals surface area contributed by atoms with Crippen molar-refractivity contribution in [1.29, 1.82) is 0 Å². The first-order chi connectivity index (χ1) is 11.0. The van der Waals surface area contributed by atoms with Crippen molar-refractivity contribution in [2.24, 2.45) is 0 Å². The number of carboxylic acids is 1. The number of amides is 1. The third-order valence-corrected chi connectivity index (χ3v) is 4.36. The molecule has 1 aliphatic rings. The smallest absolute Gasteiger partial charge is 0.357 e. The first-order valence-electron chi connectivity index (χ1n) is 6.92. The maximum Gasteiger partial charge on any atom is 0.357 e. The second kappa shape index (κ2) is 6.17. The molecule has 1 saturated heterocycles. The van der Waals surface area contributed by atoms with Gasteiger partial charge in [0, 0.05) is 18.7 Å². The average molecular weight is 355 g/mol. The molecule has 1 aromatic carbocycles. The molecule has 0 unspecified atom stereocenters. The number of likely N-dealkylation sites (tertiary alicyclic amines) is 1. The van der Waals surface area contributed by atoms with Gasteiger partial charge in [-0.3, -0.25) is 0 Å². The largest absolute Gasteiger partial charge is 0.476 e. The fraction of sp³-hybridized carbons (Fsp3) is 0.286. The van der Waals surface area contributed by atoms with Crippen LogP contribution in [0.5, 0.6) is 0 Å². The first-order valence-corrected chi connectivity index (χ1v) is 7.68. The summed E-state index contributed by atoms with van der Waals surface area (Å²) in [6.07, 6.45) is 1.78. The Morgan fingerprint density at radius 1 is 1.13 bits per heavy atom. The second-order valence-electron chi connectivity index (χ2n) is 5.11. The molecule has 2 heterocycles. The summed E-state index contributed by atoms with van der Waals surface area (Å²) in [4.78, 5) is 25.6. The molecular weight excluding hydrogens is 343 g/mol. The fourth-order valence-electron chi connectivity index (χ4n) is 2.49. The summed E-state index contributed by atoms with van der Waals surface area (Å²) in [7, 11) is 0. The summed E-state index contributed by atoms with van der Waals surface area (Å²) in [5.41, 5.74) is 0.209. The molecule has 0 spiro atoms. The highest BCUT2D eigenvalue weighted by molar-refractivity contribution is 6.42. The molecule has 1 N–H and O–H groups in total. The first kappa shape index (κ1) is 15.8. The van der Waals surface area contributed by atoms with E-state index in [9.17, 15) is 14.7 Å². The summed E-state index contributed by atoms with van der Waals surface area (Å²) >= 11 is 11.8. The van der Waals surface area contributed by atoms with Crippen molar-refractivity contribution in [2.45, 2.75) is 12.8 Å². The monoisotopic (exact) mass is 354 g/mol. The number of rotatable bonds is 2. The van der Waals surface area contributed by atoms with Gasteiger partial charge in [0.1, 0.15) is 5.69 Å². The predicted octanol–water partition coefficient (Wildman–Crippen LogP) is 3.01. The number of nitrogens with zero attached hydrogens (tertiary/aromatic N) is 4. The Bertz CT molecular complexity index is 784. The molecule has 0 aliphatic carbocycles. The lowest BCUT2D eigenvalue weighted by Gasteiger charge is -2.14. The molecule has 1 aliphatic heterocycles. The summed E-state index contributed by atoms with van der Waals surface area (Å²) < 4.78 is 0.825.